The van der Waals surface area contributed by atoms with E-state index in [0.717, 1.165) is 6.54 Å². The first-order valence-electron chi connectivity index (χ1n) is 5.90. The van der Waals surface area contributed by atoms with E-state index in [0.29, 0.717) is 24.0 Å². The Bertz CT molecular complexity index is 168. The van der Waals surface area contributed by atoms with E-state index in [1.54, 1.807) is 0 Å². The number of nitrogens with one attached hydrogen (secondary N) is 1. The second kappa shape index (κ2) is 5.13. The van der Waals surface area contributed by atoms with Crippen molar-refractivity contribution >= 4 is 0 Å². The lowest BCUT2D eigenvalue weighted by Gasteiger charge is -2.39. The van der Waals surface area contributed by atoms with Crippen LogP contribution in [0.4, 0.5) is 0 Å². The van der Waals surface area contributed by atoms with E-state index in [1.165, 1.54) is 25.7 Å². The van der Waals surface area contributed by atoms with E-state index in [-0.39, 0.29) is 0 Å². The van der Waals surface area contributed by atoms with Gasteiger partial charge in [-0.05, 0) is 24.2 Å². The molecule has 0 spiro atoms. The van der Waals surface area contributed by atoms with Crippen LogP contribution in [0.2, 0.25) is 0 Å². The topological polar surface area (TPSA) is 32.3 Å². The molecule has 0 aromatic rings. The van der Waals surface area contributed by atoms with Crippen LogP contribution in [0.5, 0.6) is 0 Å². The Morgan fingerprint density at radius 3 is 2.71 bits per heavy atom. The fourth-order valence-electron chi connectivity index (χ4n) is 2.28. The molecule has 0 aromatic carbocycles. The first-order valence-corrected chi connectivity index (χ1v) is 5.90. The van der Waals surface area contributed by atoms with Gasteiger partial charge in [-0.2, -0.15) is 0 Å². The van der Waals surface area contributed by atoms with Gasteiger partial charge in [0.05, 0.1) is 0 Å². The van der Waals surface area contributed by atoms with E-state index in [9.17, 15) is 0 Å². The second-order valence-electron chi connectivity index (χ2n) is 5.48. The Hall–Kier alpha value is -0.0800. The summed E-state index contributed by atoms with van der Waals surface area (Å²) in [6.07, 6.45) is 5.36. The Labute approximate surface area is 88.1 Å². The molecule has 0 heterocycles. The van der Waals surface area contributed by atoms with Crippen molar-refractivity contribution in [3.8, 4) is 0 Å². The predicted molar refractivity (Wildman–Crippen MR) is 60.3 cm³/mol. The van der Waals surface area contributed by atoms with Crippen molar-refractivity contribution in [2.75, 3.05) is 13.2 Å². The molecule has 2 nitrogen and oxygen atoms in total. The fourth-order valence-corrected chi connectivity index (χ4v) is 2.28. The molecule has 0 aromatic heterocycles. The highest BCUT2D eigenvalue weighted by Gasteiger charge is 2.31. The summed E-state index contributed by atoms with van der Waals surface area (Å²) in [7, 11) is 0. The number of rotatable bonds is 4. The summed E-state index contributed by atoms with van der Waals surface area (Å²) in [5.41, 5.74) is 0.438. The molecule has 1 rings (SSSR count). The lowest BCUT2D eigenvalue weighted by molar-refractivity contribution is 0.153. The van der Waals surface area contributed by atoms with Gasteiger partial charge in [-0.1, -0.05) is 33.6 Å². The van der Waals surface area contributed by atoms with Gasteiger partial charge in [0, 0.05) is 19.2 Å². The SMILES string of the molecule is CC(CO)CNC1CCCCC1(C)C. The smallest absolute Gasteiger partial charge is 0.0468 e. The molecular formula is C12H25NO. The minimum absolute atomic E-state index is 0.292. The normalized spacial score (nSPS) is 28.7. The van der Waals surface area contributed by atoms with Crippen molar-refractivity contribution in [2.24, 2.45) is 11.3 Å². The van der Waals surface area contributed by atoms with Crippen LogP contribution in [-0.2, 0) is 0 Å². The van der Waals surface area contributed by atoms with Crippen LogP contribution in [0, 0.1) is 11.3 Å². The van der Waals surface area contributed by atoms with Crippen LogP contribution >= 0.6 is 0 Å². The van der Waals surface area contributed by atoms with Crippen molar-refractivity contribution < 1.29 is 5.11 Å². The average molecular weight is 199 g/mol. The Balaban J connectivity index is 2.34. The van der Waals surface area contributed by atoms with Crippen LogP contribution < -0.4 is 5.32 Å². The summed E-state index contributed by atoms with van der Waals surface area (Å²) < 4.78 is 0. The highest BCUT2D eigenvalue weighted by molar-refractivity contribution is 4.87. The molecule has 2 atom stereocenters. The number of aliphatic hydroxyl groups is 1. The molecule has 0 radical (unpaired) electrons. The van der Waals surface area contributed by atoms with Gasteiger partial charge >= 0.3 is 0 Å². The second-order valence-corrected chi connectivity index (χ2v) is 5.48. The van der Waals surface area contributed by atoms with Crippen LogP contribution in [0.15, 0.2) is 0 Å². The minimum atomic E-state index is 0.292. The highest BCUT2D eigenvalue weighted by atomic mass is 16.3. The molecule has 84 valence electrons. The summed E-state index contributed by atoms with van der Waals surface area (Å²) in [6.45, 7) is 8.04. The molecule has 0 saturated heterocycles. The largest absolute Gasteiger partial charge is 0.396 e. The molecule has 0 amide bonds. The zero-order valence-corrected chi connectivity index (χ0v) is 9.84. The maximum absolute atomic E-state index is 8.95. The van der Waals surface area contributed by atoms with Gasteiger partial charge in [-0.3, -0.25) is 0 Å². The van der Waals surface area contributed by atoms with Crippen molar-refractivity contribution in [1.82, 2.24) is 5.32 Å². The quantitative estimate of drug-likeness (QED) is 0.727. The summed E-state index contributed by atoms with van der Waals surface area (Å²) in [5.74, 6) is 0.382. The van der Waals surface area contributed by atoms with E-state index in [4.69, 9.17) is 5.11 Å². The van der Waals surface area contributed by atoms with Crippen molar-refractivity contribution in [2.45, 2.75) is 52.5 Å². The zero-order chi connectivity index (χ0) is 10.6. The maximum atomic E-state index is 8.95. The lowest BCUT2D eigenvalue weighted by Crippen LogP contribution is -2.45. The maximum Gasteiger partial charge on any atom is 0.0468 e. The molecule has 14 heavy (non-hydrogen) atoms. The molecule has 1 aliphatic carbocycles. The zero-order valence-electron chi connectivity index (χ0n) is 9.84. The molecule has 2 N–H and O–H groups in total. The summed E-state index contributed by atoms with van der Waals surface area (Å²) >= 11 is 0. The molecule has 1 fully saturated rings. The van der Waals surface area contributed by atoms with E-state index in [1.807, 2.05) is 0 Å². The van der Waals surface area contributed by atoms with Crippen LogP contribution in [0.3, 0.4) is 0 Å². The van der Waals surface area contributed by atoms with Gasteiger partial charge in [-0.15, -0.1) is 0 Å². The Morgan fingerprint density at radius 1 is 1.43 bits per heavy atom. The Morgan fingerprint density at radius 2 is 2.14 bits per heavy atom. The van der Waals surface area contributed by atoms with Crippen molar-refractivity contribution in [3.05, 3.63) is 0 Å². The molecule has 0 aliphatic heterocycles. The third-order valence-corrected chi connectivity index (χ3v) is 3.53. The monoisotopic (exact) mass is 199 g/mol. The van der Waals surface area contributed by atoms with E-state index < -0.39 is 0 Å². The first-order chi connectivity index (χ1) is 6.56. The van der Waals surface area contributed by atoms with Crippen molar-refractivity contribution in [3.63, 3.8) is 0 Å². The van der Waals surface area contributed by atoms with Gasteiger partial charge in [0.15, 0.2) is 0 Å². The Kier molecular flexibility index (Phi) is 4.39. The molecule has 1 saturated carbocycles. The minimum Gasteiger partial charge on any atom is -0.396 e. The van der Waals surface area contributed by atoms with Gasteiger partial charge in [0.1, 0.15) is 0 Å². The molecular weight excluding hydrogens is 174 g/mol. The van der Waals surface area contributed by atoms with Crippen LogP contribution in [-0.4, -0.2) is 24.3 Å². The fraction of sp³-hybridized carbons (Fsp3) is 1.00. The molecule has 0 bridgehead atoms. The first kappa shape index (κ1) is 12.0. The van der Waals surface area contributed by atoms with Crippen LogP contribution in [0.1, 0.15) is 46.5 Å². The summed E-state index contributed by atoms with van der Waals surface area (Å²) in [4.78, 5) is 0. The molecule has 2 unspecified atom stereocenters. The average Bonchev–Trinajstić information content (AvgIpc) is 2.15. The summed E-state index contributed by atoms with van der Waals surface area (Å²) in [5, 5.41) is 12.6. The van der Waals surface area contributed by atoms with Gasteiger partial charge in [0.25, 0.3) is 0 Å². The van der Waals surface area contributed by atoms with Gasteiger partial charge < -0.3 is 10.4 Å². The lowest BCUT2D eigenvalue weighted by atomic mass is 9.73. The van der Waals surface area contributed by atoms with Crippen LogP contribution in [0.25, 0.3) is 0 Å². The van der Waals surface area contributed by atoms with Crippen molar-refractivity contribution in [1.29, 1.82) is 0 Å². The number of hydrogen-bond acceptors (Lipinski definition) is 2. The van der Waals surface area contributed by atoms with E-state index >= 15 is 0 Å². The van der Waals surface area contributed by atoms with E-state index in [2.05, 4.69) is 26.1 Å². The number of hydrogen-bond donors (Lipinski definition) is 2. The molecule has 2 heteroatoms. The third kappa shape index (κ3) is 3.25. The summed E-state index contributed by atoms with van der Waals surface area (Å²) in [6, 6.07) is 0.644. The van der Waals surface area contributed by atoms with Gasteiger partial charge in [0.2, 0.25) is 0 Å². The third-order valence-electron chi connectivity index (χ3n) is 3.53. The predicted octanol–water partition coefficient (Wildman–Crippen LogP) is 2.17. The highest BCUT2D eigenvalue weighted by Crippen LogP contribution is 2.35. The molecule has 1 aliphatic rings. The standard InChI is InChI=1S/C12H25NO/c1-10(9-14)8-13-11-6-4-5-7-12(11,2)3/h10-11,13-14H,4-9H2,1-3H3. The van der Waals surface area contributed by atoms with Gasteiger partial charge in [-0.25, -0.2) is 0 Å². The number of aliphatic hydroxyl groups excluding tert-OH is 1.